The zero-order chi connectivity index (χ0) is 21.8. The van der Waals surface area contributed by atoms with Gasteiger partial charge < -0.3 is 9.80 Å². The second kappa shape index (κ2) is 7.13. The molecule has 0 amide bonds. The standard InChI is InChI=1S/C30H26N2/c1-20-18-28-26-14-8-6-12-24(26)22-10-4-5-11-23(22)25-13-7-9-15-27(25)29(28)19-30(20)32-17-16-31(3)21(32)2/h4-19,21H,1-3H3/t21-/m0/s1. The van der Waals surface area contributed by atoms with Gasteiger partial charge >= 0.3 is 0 Å². The lowest BCUT2D eigenvalue weighted by Gasteiger charge is -2.30. The van der Waals surface area contributed by atoms with Crippen molar-refractivity contribution >= 4 is 5.69 Å². The van der Waals surface area contributed by atoms with Crippen LogP contribution in [-0.2, 0) is 0 Å². The molecule has 0 bridgehead atoms. The van der Waals surface area contributed by atoms with Gasteiger partial charge in [-0.05, 0) is 76.1 Å². The van der Waals surface area contributed by atoms with E-state index in [-0.39, 0.29) is 0 Å². The molecule has 0 aromatic heterocycles. The van der Waals surface area contributed by atoms with Gasteiger partial charge in [0.2, 0.25) is 0 Å². The predicted molar refractivity (Wildman–Crippen MR) is 135 cm³/mol. The van der Waals surface area contributed by atoms with Crippen LogP contribution < -0.4 is 4.90 Å². The summed E-state index contributed by atoms with van der Waals surface area (Å²) in [7, 11) is 2.13. The van der Waals surface area contributed by atoms with E-state index in [0.29, 0.717) is 6.17 Å². The minimum absolute atomic E-state index is 0.295. The maximum Gasteiger partial charge on any atom is 0.102 e. The first-order chi connectivity index (χ1) is 15.6. The van der Waals surface area contributed by atoms with Crippen LogP contribution in [0.15, 0.2) is 97.3 Å². The molecule has 4 aromatic carbocycles. The number of hydrogen-bond donors (Lipinski definition) is 0. The van der Waals surface area contributed by atoms with Gasteiger partial charge in [0.25, 0.3) is 0 Å². The van der Waals surface area contributed by atoms with E-state index >= 15 is 0 Å². The van der Waals surface area contributed by atoms with E-state index in [9.17, 15) is 0 Å². The molecule has 0 saturated carbocycles. The second-order valence-corrected chi connectivity index (χ2v) is 8.82. The predicted octanol–water partition coefficient (Wildman–Crippen LogP) is 7.55. The Balaban J connectivity index is 1.70. The molecule has 4 aromatic rings. The molecule has 32 heavy (non-hydrogen) atoms. The van der Waals surface area contributed by atoms with E-state index in [2.05, 4.69) is 128 Å². The van der Waals surface area contributed by atoms with Gasteiger partial charge in [0.1, 0.15) is 6.17 Å². The molecule has 0 saturated heterocycles. The zero-order valence-electron chi connectivity index (χ0n) is 18.7. The van der Waals surface area contributed by atoms with Gasteiger partial charge in [-0.15, -0.1) is 0 Å². The molecular weight excluding hydrogens is 388 g/mol. The van der Waals surface area contributed by atoms with Crippen molar-refractivity contribution in [2.24, 2.45) is 0 Å². The molecular formula is C30H26N2. The maximum absolute atomic E-state index is 2.40. The number of fused-ring (bicyclic) bond motifs is 8. The van der Waals surface area contributed by atoms with Gasteiger partial charge in [0.05, 0.1) is 0 Å². The number of aryl methyl sites for hydroxylation is 1. The minimum Gasteiger partial charge on any atom is -0.359 e. The topological polar surface area (TPSA) is 6.48 Å². The maximum atomic E-state index is 2.40. The Kier molecular flexibility index (Phi) is 4.22. The highest BCUT2D eigenvalue weighted by Gasteiger charge is 2.26. The van der Waals surface area contributed by atoms with Gasteiger partial charge in [-0.1, -0.05) is 72.8 Å². The van der Waals surface area contributed by atoms with Crippen molar-refractivity contribution in [2.45, 2.75) is 20.0 Å². The zero-order valence-corrected chi connectivity index (χ0v) is 18.7. The molecule has 1 aliphatic heterocycles. The number of hydrogen-bond acceptors (Lipinski definition) is 2. The van der Waals surface area contributed by atoms with Crippen molar-refractivity contribution in [3.05, 3.63) is 103 Å². The molecule has 2 heteroatoms. The first-order valence-corrected chi connectivity index (χ1v) is 11.3. The summed E-state index contributed by atoms with van der Waals surface area (Å²) < 4.78 is 0. The fraction of sp³-hybridized carbons (Fsp3) is 0.133. The third-order valence-corrected chi connectivity index (χ3v) is 7.01. The van der Waals surface area contributed by atoms with Crippen LogP contribution in [0.4, 0.5) is 5.69 Å². The molecule has 6 rings (SSSR count). The van der Waals surface area contributed by atoms with E-state index < -0.39 is 0 Å². The van der Waals surface area contributed by atoms with E-state index in [4.69, 9.17) is 0 Å². The fourth-order valence-corrected chi connectivity index (χ4v) is 5.18. The Morgan fingerprint density at radius 1 is 0.562 bits per heavy atom. The number of anilines is 1. The van der Waals surface area contributed by atoms with E-state index in [1.165, 1.54) is 55.8 Å². The van der Waals surface area contributed by atoms with Gasteiger partial charge in [0.15, 0.2) is 0 Å². The third-order valence-electron chi connectivity index (χ3n) is 7.01. The number of benzene rings is 4. The van der Waals surface area contributed by atoms with Crippen molar-refractivity contribution < 1.29 is 0 Å². The molecule has 1 heterocycles. The molecule has 0 unspecified atom stereocenters. The van der Waals surface area contributed by atoms with Crippen LogP contribution in [0.25, 0.3) is 44.5 Å². The van der Waals surface area contributed by atoms with Crippen molar-refractivity contribution in [3.8, 4) is 44.5 Å². The van der Waals surface area contributed by atoms with E-state index in [1.54, 1.807) is 0 Å². The normalized spacial score (nSPS) is 16.0. The average molecular weight is 415 g/mol. The van der Waals surface area contributed by atoms with Gasteiger partial charge in [-0.25, -0.2) is 0 Å². The van der Waals surface area contributed by atoms with Crippen molar-refractivity contribution in [3.63, 3.8) is 0 Å². The first kappa shape index (κ1) is 18.9. The summed E-state index contributed by atoms with van der Waals surface area (Å²) in [5.41, 5.74) is 12.9. The molecule has 0 spiro atoms. The summed E-state index contributed by atoms with van der Waals surface area (Å²) in [5.74, 6) is 0. The summed E-state index contributed by atoms with van der Waals surface area (Å²) in [6.45, 7) is 4.48. The summed E-state index contributed by atoms with van der Waals surface area (Å²) in [6, 6.07) is 31.3. The third kappa shape index (κ3) is 2.73. The van der Waals surface area contributed by atoms with Gasteiger partial charge in [0, 0.05) is 25.1 Å². The molecule has 2 nitrogen and oxygen atoms in total. The second-order valence-electron chi connectivity index (χ2n) is 8.82. The Morgan fingerprint density at radius 3 is 1.38 bits per heavy atom. The van der Waals surface area contributed by atoms with Crippen LogP contribution in [0.3, 0.4) is 0 Å². The SMILES string of the molecule is Cc1cc2c(cc1N1C=CN(C)[C@@H]1C)-c1ccccc1-c1ccccc1-c1ccccc1-2. The smallest absolute Gasteiger partial charge is 0.102 e. The van der Waals surface area contributed by atoms with E-state index in [0.717, 1.165) is 0 Å². The van der Waals surface area contributed by atoms with Crippen molar-refractivity contribution in [1.29, 1.82) is 0 Å². The molecule has 0 N–H and O–H groups in total. The fourth-order valence-electron chi connectivity index (χ4n) is 5.18. The van der Waals surface area contributed by atoms with Crippen LogP contribution in [0.1, 0.15) is 12.5 Å². The monoisotopic (exact) mass is 414 g/mol. The van der Waals surface area contributed by atoms with Gasteiger partial charge in [-0.2, -0.15) is 0 Å². The van der Waals surface area contributed by atoms with Crippen LogP contribution in [0, 0.1) is 6.92 Å². The molecule has 0 radical (unpaired) electrons. The van der Waals surface area contributed by atoms with Crippen LogP contribution >= 0.6 is 0 Å². The van der Waals surface area contributed by atoms with E-state index in [1.807, 2.05) is 0 Å². The number of nitrogens with zero attached hydrogens (tertiary/aromatic N) is 2. The highest BCUT2D eigenvalue weighted by molar-refractivity contribution is 6.03. The molecule has 0 fully saturated rings. The first-order valence-electron chi connectivity index (χ1n) is 11.3. The molecule has 1 atom stereocenters. The average Bonchev–Trinajstić information content (AvgIpc) is 3.16. The molecule has 2 aliphatic rings. The summed E-state index contributed by atoms with van der Waals surface area (Å²) in [5, 5.41) is 0. The minimum atomic E-state index is 0.295. The Hall–Kier alpha value is -3.78. The highest BCUT2D eigenvalue weighted by atomic mass is 15.4. The van der Waals surface area contributed by atoms with Crippen LogP contribution in [0.2, 0.25) is 0 Å². The summed E-state index contributed by atoms with van der Waals surface area (Å²) in [4.78, 5) is 4.62. The summed E-state index contributed by atoms with van der Waals surface area (Å²) >= 11 is 0. The molecule has 156 valence electrons. The lowest BCUT2D eigenvalue weighted by Crippen LogP contribution is -2.33. The Bertz CT molecular complexity index is 1380. The van der Waals surface area contributed by atoms with Crippen LogP contribution in [-0.4, -0.2) is 18.1 Å². The van der Waals surface area contributed by atoms with Crippen LogP contribution in [0.5, 0.6) is 0 Å². The Labute approximate surface area is 190 Å². The highest BCUT2D eigenvalue weighted by Crippen LogP contribution is 2.49. The van der Waals surface area contributed by atoms with Crippen molar-refractivity contribution in [1.82, 2.24) is 4.90 Å². The lowest BCUT2D eigenvalue weighted by atomic mass is 9.80. The quantitative estimate of drug-likeness (QED) is 0.279. The lowest BCUT2D eigenvalue weighted by molar-refractivity contribution is 0.383. The van der Waals surface area contributed by atoms with Gasteiger partial charge in [-0.3, -0.25) is 0 Å². The summed E-state index contributed by atoms with van der Waals surface area (Å²) in [6.07, 6.45) is 4.64. The largest absolute Gasteiger partial charge is 0.359 e. The van der Waals surface area contributed by atoms with Crippen molar-refractivity contribution in [2.75, 3.05) is 11.9 Å². The number of rotatable bonds is 1. The Morgan fingerprint density at radius 2 is 0.969 bits per heavy atom. The molecule has 1 aliphatic carbocycles.